The Kier molecular flexibility index (Phi) is 10.0. The summed E-state index contributed by atoms with van der Waals surface area (Å²) in [4.78, 5) is 22.4. The van der Waals surface area contributed by atoms with Crippen LogP contribution in [0.25, 0.3) is 0 Å². The lowest BCUT2D eigenvalue weighted by atomic mass is 10.3. The molecule has 0 radical (unpaired) electrons. The van der Waals surface area contributed by atoms with E-state index in [0.717, 1.165) is 0 Å². The van der Waals surface area contributed by atoms with E-state index in [1.54, 1.807) is 0 Å². The average Bonchev–Trinajstić information content (AvgIpc) is 2.31. The van der Waals surface area contributed by atoms with Gasteiger partial charge in [-0.3, -0.25) is 0 Å². The summed E-state index contributed by atoms with van der Waals surface area (Å²) in [6, 6.07) is 4.63. The van der Waals surface area contributed by atoms with E-state index in [0.29, 0.717) is 11.5 Å². The molecule has 8 heteroatoms. The first kappa shape index (κ1) is 21.0. The SMILES string of the molecule is CC(N)C(=O)Oc1ccc(OC(=O)[C@H](C)N)cc1.Cl.Cl. The lowest BCUT2D eigenvalue weighted by molar-refractivity contribution is -0.136. The van der Waals surface area contributed by atoms with E-state index in [-0.39, 0.29) is 24.8 Å². The third kappa shape index (κ3) is 6.72. The number of esters is 2. The maximum atomic E-state index is 11.2. The summed E-state index contributed by atoms with van der Waals surface area (Å²) in [5.41, 5.74) is 10.7. The summed E-state index contributed by atoms with van der Waals surface area (Å²) < 4.78 is 9.91. The van der Waals surface area contributed by atoms with E-state index in [1.807, 2.05) is 0 Å². The highest BCUT2D eigenvalue weighted by atomic mass is 35.5. The second-order valence-electron chi connectivity index (χ2n) is 3.89. The van der Waals surface area contributed by atoms with Gasteiger partial charge in [-0.2, -0.15) is 0 Å². The van der Waals surface area contributed by atoms with Crippen molar-refractivity contribution in [3.05, 3.63) is 24.3 Å². The molecule has 6 nitrogen and oxygen atoms in total. The van der Waals surface area contributed by atoms with Crippen molar-refractivity contribution < 1.29 is 19.1 Å². The molecule has 0 saturated heterocycles. The first-order chi connectivity index (χ1) is 8.40. The van der Waals surface area contributed by atoms with Gasteiger partial charge in [0.2, 0.25) is 0 Å². The molecule has 2 atom stereocenters. The van der Waals surface area contributed by atoms with Crippen LogP contribution in [0.1, 0.15) is 13.8 Å². The summed E-state index contributed by atoms with van der Waals surface area (Å²) in [5, 5.41) is 0. The summed E-state index contributed by atoms with van der Waals surface area (Å²) in [6.45, 7) is 3.06. The van der Waals surface area contributed by atoms with Crippen LogP contribution in [0.5, 0.6) is 11.5 Å². The maximum Gasteiger partial charge on any atom is 0.328 e. The monoisotopic (exact) mass is 324 g/mol. The normalized spacial score (nSPS) is 12.2. The predicted octanol–water partition coefficient (Wildman–Crippen LogP) is 1.04. The van der Waals surface area contributed by atoms with Crippen molar-refractivity contribution in [2.45, 2.75) is 25.9 Å². The van der Waals surface area contributed by atoms with Crippen LogP contribution in [-0.2, 0) is 9.59 Å². The molecule has 0 amide bonds. The summed E-state index contributed by atoms with van der Waals surface area (Å²) >= 11 is 0. The van der Waals surface area contributed by atoms with Crippen molar-refractivity contribution in [3.8, 4) is 11.5 Å². The van der Waals surface area contributed by atoms with Crippen molar-refractivity contribution >= 4 is 36.8 Å². The molecule has 1 rings (SSSR count). The molecule has 20 heavy (non-hydrogen) atoms. The Bertz CT molecular complexity index is 395. The van der Waals surface area contributed by atoms with Gasteiger partial charge in [0.25, 0.3) is 0 Å². The van der Waals surface area contributed by atoms with E-state index in [1.165, 1.54) is 38.1 Å². The summed E-state index contributed by atoms with van der Waals surface area (Å²) in [7, 11) is 0. The lowest BCUT2D eigenvalue weighted by Crippen LogP contribution is -2.31. The molecule has 0 bridgehead atoms. The van der Waals surface area contributed by atoms with Gasteiger partial charge in [0.15, 0.2) is 0 Å². The minimum Gasteiger partial charge on any atom is -0.425 e. The average molecular weight is 325 g/mol. The van der Waals surface area contributed by atoms with Crippen molar-refractivity contribution in [2.24, 2.45) is 11.5 Å². The van der Waals surface area contributed by atoms with E-state index in [9.17, 15) is 9.59 Å². The Morgan fingerprint density at radius 3 is 1.30 bits per heavy atom. The van der Waals surface area contributed by atoms with Crippen molar-refractivity contribution in [1.82, 2.24) is 0 Å². The van der Waals surface area contributed by atoms with Gasteiger partial charge < -0.3 is 20.9 Å². The molecule has 0 aromatic heterocycles. The van der Waals surface area contributed by atoms with Crippen molar-refractivity contribution in [2.75, 3.05) is 0 Å². The number of hydrogen-bond acceptors (Lipinski definition) is 6. The van der Waals surface area contributed by atoms with Crippen LogP contribution in [0.3, 0.4) is 0 Å². The van der Waals surface area contributed by atoms with Gasteiger partial charge in [-0.15, -0.1) is 24.8 Å². The fourth-order valence-corrected chi connectivity index (χ4v) is 0.994. The van der Waals surface area contributed by atoms with Gasteiger partial charge >= 0.3 is 11.9 Å². The van der Waals surface area contributed by atoms with Gasteiger partial charge in [0, 0.05) is 0 Å². The molecule has 0 aliphatic carbocycles. The van der Waals surface area contributed by atoms with Crippen LogP contribution in [-0.4, -0.2) is 24.0 Å². The van der Waals surface area contributed by atoms with Crippen molar-refractivity contribution in [1.29, 1.82) is 0 Å². The number of rotatable bonds is 4. The van der Waals surface area contributed by atoms with E-state index >= 15 is 0 Å². The maximum absolute atomic E-state index is 11.2. The van der Waals surface area contributed by atoms with Gasteiger partial charge in [0.05, 0.1) is 0 Å². The highest BCUT2D eigenvalue weighted by Gasteiger charge is 2.12. The largest absolute Gasteiger partial charge is 0.425 e. The van der Waals surface area contributed by atoms with Gasteiger partial charge in [-0.25, -0.2) is 9.59 Å². The molecule has 4 N–H and O–H groups in total. The van der Waals surface area contributed by atoms with E-state index in [4.69, 9.17) is 20.9 Å². The Labute approximate surface area is 129 Å². The second kappa shape index (κ2) is 9.55. The third-order valence-electron chi connectivity index (χ3n) is 2.00. The Hall–Kier alpha value is -1.34. The highest BCUT2D eigenvalue weighted by molar-refractivity contribution is 5.85. The fourth-order valence-electron chi connectivity index (χ4n) is 0.994. The number of hydrogen-bond donors (Lipinski definition) is 2. The Morgan fingerprint density at radius 2 is 1.10 bits per heavy atom. The van der Waals surface area contributed by atoms with Crippen LogP contribution >= 0.6 is 24.8 Å². The standard InChI is InChI=1S/C12H16N2O4.2ClH/c1-7(13)11(15)17-9-3-5-10(6-4-9)18-12(16)8(2)14;;/h3-8H,13-14H2,1-2H3;2*1H/t7-,8?;;/m0../s1. The zero-order valence-electron chi connectivity index (χ0n) is 11.1. The van der Waals surface area contributed by atoms with Crippen LogP contribution < -0.4 is 20.9 Å². The molecule has 0 aliphatic heterocycles. The molecule has 0 heterocycles. The number of nitrogens with two attached hydrogens (primary N) is 2. The fraction of sp³-hybridized carbons (Fsp3) is 0.333. The van der Waals surface area contributed by atoms with Gasteiger partial charge in [-0.05, 0) is 38.1 Å². The molecule has 0 fully saturated rings. The molecule has 1 aromatic rings. The molecule has 114 valence electrons. The second-order valence-corrected chi connectivity index (χ2v) is 3.89. The minimum absolute atomic E-state index is 0. The van der Waals surface area contributed by atoms with E-state index < -0.39 is 24.0 Å². The van der Waals surface area contributed by atoms with Crippen LogP contribution in [0.15, 0.2) is 24.3 Å². The molecule has 1 aromatic carbocycles. The zero-order chi connectivity index (χ0) is 13.7. The molecule has 0 saturated carbocycles. The number of halogens is 2. The number of carbonyl (C=O) groups is 2. The molecule has 0 spiro atoms. The van der Waals surface area contributed by atoms with Gasteiger partial charge in [0.1, 0.15) is 23.6 Å². The molecule has 1 unspecified atom stereocenters. The summed E-state index contributed by atoms with van der Waals surface area (Å²) in [5.74, 6) is -0.401. The van der Waals surface area contributed by atoms with Crippen molar-refractivity contribution in [3.63, 3.8) is 0 Å². The minimum atomic E-state index is -0.694. The topological polar surface area (TPSA) is 105 Å². The predicted molar refractivity (Wildman–Crippen MR) is 79.5 cm³/mol. The third-order valence-corrected chi connectivity index (χ3v) is 2.00. The summed E-state index contributed by atoms with van der Waals surface area (Å²) in [6.07, 6.45) is 0. The van der Waals surface area contributed by atoms with Crippen LogP contribution in [0.4, 0.5) is 0 Å². The molecule has 0 aliphatic rings. The first-order valence-corrected chi connectivity index (χ1v) is 5.44. The molecular formula is C12H18Cl2N2O4. The highest BCUT2D eigenvalue weighted by Crippen LogP contribution is 2.18. The lowest BCUT2D eigenvalue weighted by Gasteiger charge is -2.09. The number of ether oxygens (including phenoxy) is 2. The Balaban J connectivity index is 0. The molecular weight excluding hydrogens is 307 g/mol. The Morgan fingerprint density at radius 1 is 0.850 bits per heavy atom. The van der Waals surface area contributed by atoms with Crippen LogP contribution in [0.2, 0.25) is 0 Å². The first-order valence-electron chi connectivity index (χ1n) is 5.44. The quantitative estimate of drug-likeness (QED) is 0.633. The zero-order valence-corrected chi connectivity index (χ0v) is 12.7. The van der Waals surface area contributed by atoms with E-state index in [2.05, 4.69) is 0 Å². The number of carbonyl (C=O) groups excluding carboxylic acids is 2. The smallest absolute Gasteiger partial charge is 0.328 e. The van der Waals surface area contributed by atoms with Crippen LogP contribution in [0, 0.1) is 0 Å². The number of benzene rings is 1. The van der Waals surface area contributed by atoms with Gasteiger partial charge in [-0.1, -0.05) is 0 Å².